The highest BCUT2D eigenvalue weighted by Crippen LogP contribution is 2.33. The van der Waals surface area contributed by atoms with Gasteiger partial charge in [-0.25, -0.2) is 8.42 Å². The highest BCUT2D eigenvalue weighted by atomic mass is 35.5. The fourth-order valence-corrected chi connectivity index (χ4v) is 5.85. The van der Waals surface area contributed by atoms with Crippen molar-refractivity contribution < 1.29 is 22.7 Å². The Morgan fingerprint density at radius 1 is 1.26 bits per heavy atom. The standard InChI is InChI=1S/C25H28ClNO5S2/c1-25(2)31-14-21(32-25)18-8-5-9-23(33-15-18)27-24(28)19(12-16-6-3-4-7-16)17-10-11-22(34(29)30)20(26)13-17/h5,8-13,15-16,21,34H,3-4,6-7,14H2,1-2H3,(H,27,28)/b19-12+. The van der Waals surface area contributed by atoms with Crippen LogP contribution in [-0.2, 0) is 25.0 Å². The average Bonchev–Trinajstić information content (AvgIpc) is 3.36. The molecular weight excluding hydrogens is 494 g/mol. The van der Waals surface area contributed by atoms with E-state index in [4.69, 9.17) is 21.1 Å². The van der Waals surface area contributed by atoms with Gasteiger partial charge in [0.15, 0.2) is 16.5 Å². The summed E-state index contributed by atoms with van der Waals surface area (Å²) in [4.78, 5) is 13.4. The van der Waals surface area contributed by atoms with E-state index < -0.39 is 16.5 Å². The maximum Gasteiger partial charge on any atom is 0.256 e. The van der Waals surface area contributed by atoms with E-state index in [0.717, 1.165) is 31.3 Å². The number of hydrogen-bond acceptors (Lipinski definition) is 6. The molecule has 2 heterocycles. The van der Waals surface area contributed by atoms with Crippen LogP contribution in [0.2, 0.25) is 5.02 Å². The number of thioether (sulfide) groups is 1. The largest absolute Gasteiger partial charge is 0.347 e. The number of nitrogens with one attached hydrogen (secondary N) is 1. The van der Waals surface area contributed by atoms with Gasteiger partial charge < -0.3 is 14.8 Å². The summed E-state index contributed by atoms with van der Waals surface area (Å²) >= 11 is 7.61. The first-order valence-electron chi connectivity index (χ1n) is 11.3. The lowest BCUT2D eigenvalue weighted by atomic mass is 9.98. The molecule has 2 aliphatic heterocycles. The highest BCUT2D eigenvalue weighted by molar-refractivity contribution is 8.05. The van der Waals surface area contributed by atoms with Gasteiger partial charge in [0.1, 0.15) is 6.10 Å². The van der Waals surface area contributed by atoms with Crippen LogP contribution in [0.1, 0.15) is 45.1 Å². The fraction of sp³-hybridized carbons (Fsp3) is 0.400. The van der Waals surface area contributed by atoms with Crippen molar-refractivity contribution >= 4 is 45.5 Å². The molecule has 0 bridgehead atoms. The Morgan fingerprint density at radius 3 is 2.68 bits per heavy atom. The third-order valence-corrected chi connectivity index (χ3v) is 8.09. The summed E-state index contributed by atoms with van der Waals surface area (Å²) in [5, 5.41) is 5.75. The Morgan fingerprint density at radius 2 is 2.03 bits per heavy atom. The van der Waals surface area contributed by atoms with Crippen molar-refractivity contribution in [3.8, 4) is 0 Å². The normalized spacial score (nSPS) is 23.1. The van der Waals surface area contributed by atoms with Crippen LogP contribution in [-0.4, -0.2) is 32.8 Å². The van der Waals surface area contributed by atoms with Gasteiger partial charge in [-0.2, -0.15) is 0 Å². The zero-order valence-corrected chi connectivity index (χ0v) is 21.6. The van der Waals surface area contributed by atoms with Gasteiger partial charge in [-0.05, 0) is 67.4 Å². The summed E-state index contributed by atoms with van der Waals surface area (Å²) in [6.45, 7) is 4.25. The summed E-state index contributed by atoms with van der Waals surface area (Å²) in [6, 6.07) is 4.63. The zero-order chi connectivity index (χ0) is 24.3. The van der Waals surface area contributed by atoms with Gasteiger partial charge in [-0.1, -0.05) is 60.5 Å². The first-order valence-corrected chi connectivity index (χ1v) is 13.7. The van der Waals surface area contributed by atoms with Crippen molar-refractivity contribution in [1.29, 1.82) is 0 Å². The Labute approximate surface area is 211 Å². The molecule has 1 aromatic carbocycles. The van der Waals surface area contributed by atoms with E-state index in [-0.39, 0.29) is 21.9 Å². The van der Waals surface area contributed by atoms with Gasteiger partial charge >= 0.3 is 0 Å². The summed E-state index contributed by atoms with van der Waals surface area (Å²) in [5.74, 6) is -0.565. The van der Waals surface area contributed by atoms with Crippen LogP contribution in [0.4, 0.5) is 0 Å². The number of halogens is 1. The Hall–Kier alpha value is -1.84. The van der Waals surface area contributed by atoms with Crippen molar-refractivity contribution in [3.63, 3.8) is 0 Å². The molecule has 6 nitrogen and oxygen atoms in total. The van der Waals surface area contributed by atoms with E-state index in [1.807, 2.05) is 43.6 Å². The Balaban J connectivity index is 1.53. The number of amides is 1. The number of carbonyl (C=O) groups is 1. The van der Waals surface area contributed by atoms with E-state index in [2.05, 4.69) is 5.32 Å². The van der Waals surface area contributed by atoms with Gasteiger partial charge in [0.25, 0.3) is 5.91 Å². The second kappa shape index (κ2) is 10.8. The maximum absolute atomic E-state index is 13.4. The van der Waals surface area contributed by atoms with Gasteiger partial charge in [0.2, 0.25) is 0 Å². The number of ether oxygens (including phenoxy) is 2. The van der Waals surface area contributed by atoms with Crippen molar-refractivity contribution in [2.75, 3.05) is 6.61 Å². The molecule has 0 spiro atoms. The molecule has 182 valence electrons. The highest BCUT2D eigenvalue weighted by Gasteiger charge is 2.34. The minimum atomic E-state index is -2.81. The summed E-state index contributed by atoms with van der Waals surface area (Å²) in [6.07, 6.45) is 11.8. The molecule has 1 saturated carbocycles. The minimum Gasteiger partial charge on any atom is -0.347 e. The molecule has 1 amide bonds. The molecule has 0 aromatic heterocycles. The third kappa shape index (κ3) is 6.23. The maximum atomic E-state index is 13.4. The zero-order valence-electron chi connectivity index (χ0n) is 19.1. The van der Waals surface area contributed by atoms with E-state index >= 15 is 0 Å². The van der Waals surface area contributed by atoms with Crippen LogP contribution >= 0.6 is 23.4 Å². The molecule has 1 atom stereocenters. The van der Waals surface area contributed by atoms with Gasteiger partial charge in [-0.3, -0.25) is 4.79 Å². The number of thiol groups is 1. The van der Waals surface area contributed by atoms with Crippen LogP contribution in [0.25, 0.3) is 5.57 Å². The van der Waals surface area contributed by atoms with Crippen molar-refractivity contribution in [2.45, 2.75) is 56.3 Å². The smallest absolute Gasteiger partial charge is 0.256 e. The summed E-state index contributed by atoms with van der Waals surface area (Å²) in [7, 11) is -2.81. The number of carbonyl (C=O) groups excluding carboxylic acids is 1. The molecule has 1 aliphatic carbocycles. The Bertz CT molecular complexity index is 1150. The van der Waals surface area contributed by atoms with E-state index in [1.54, 1.807) is 12.1 Å². The summed E-state index contributed by atoms with van der Waals surface area (Å²) < 4.78 is 34.4. The predicted molar refractivity (Wildman–Crippen MR) is 136 cm³/mol. The first kappa shape index (κ1) is 25.3. The van der Waals surface area contributed by atoms with Crippen molar-refractivity contribution in [3.05, 3.63) is 69.1 Å². The SMILES string of the molecule is CC1(C)OCC(C2=CSC(NC(=O)/C(=C/C3CCCC3)c3ccc([SH](=O)=O)c(Cl)c3)=CC=C2)O1. The van der Waals surface area contributed by atoms with Gasteiger partial charge in [-0.15, -0.1) is 0 Å². The average molecular weight is 522 g/mol. The molecule has 1 aromatic rings. The van der Waals surface area contributed by atoms with Crippen LogP contribution in [0.3, 0.4) is 0 Å². The molecule has 1 unspecified atom stereocenters. The lowest BCUT2D eigenvalue weighted by Gasteiger charge is -2.17. The van der Waals surface area contributed by atoms with Crippen LogP contribution < -0.4 is 5.32 Å². The van der Waals surface area contributed by atoms with Crippen molar-refractivity contribution in [2.24, 2.45) is 5.92 Å². The van der Waals surface area contributed by atoms with Crippen LogP contribution in [0, 0.1) is 5.92 Å². The molecule has 34 heavy (non-hydrogen) atoms. The molecule has 1 N–H and O–H groups in total. The molecule has 2 fully saturated rings. The monoisotopic (exact) mass is 521 g/mol. The van der Waals surface area contributed by atoms with Crippen LogP contribution in [0.15, 0.2) is 63.4 Å². The number of hydrogen-bond donors (Lipinski definition) is 2. The molecule has 1 saturated heterocycles. The predicted octanol–water partition coefficient (Wildman–Crippen LogP) is 5.18. The van der Waals surface area contributed by atoms with Crippen molar-refractivity contribution in [1.82, 2.24) is 5.32 Å². The molecule has 4 rings (SSSR count). The molecule has 3 aliphatic rings. The topological polar surface area (TPSA) is 81.7 Å². The third-order valence-electron chi connectivity index (χ3n) is 5.98. The lowest BCUT2D eigenvalue weighted by Crippen LogP contribution is -2.23. The molecule has 9 heteroatoms. The Kier molecular flexibility index (Phi) is 8.05. The summed E-state index contributed by atoms with van der Waals surface area (Å²) in [5.41, 5.74) is 2.07. The first-order chi connectivity index (χ1) is 16.2. The van der Waals surface area contributed by atoms with Crippen LogP contribution in [0.5, 0.6) is 0 Å². The van der Waals surface area contributed by atoms with E-state index in [1.165, 1.54) is 17.8 Å². The molecular formula is C25H28ClNO5S2. The number of allylic oxidation sites excluding steroid dienone is 3. The second-order valence-electron chi connectivity index (χ2n) is 8.95. The quantitative estimate of drug-likeness (QED) is 0.396. The number of rotatable bonds is 6. The van der Waals surface area contributed by atoms with E-state index in [9.17, 15) is 13.2 Å². The lowest BCUT2D eigenvalue weighted by molar-refractivity contribution is -0.134. The second-order valence-corrected chi connectivity index (χ2v) is 11.3. The van der Waals surface area contributed by atoms with E-state index in [0.29, 0.717) is 28.7 Å². The minimum absolute atomic E-state index is 0.0483. The van der Waals surface area contributed by atoms with Gasteiger partial charge in [0, 0.05) is 5.57 Å². The fourth-order valence-electron chi connectivity index (χ4n) is 4.23. The van der Waals surface area contributed by atoms with Gasteiger partial charge in [0.05, 0.1) is 21.6 Å². The number of benzene rings is 1. The molecule has 0 radical (unpaired) electrons.